The number of hydrogen-bond acceptors (Lipinski definition) is 33. The van der Waals surface area contributed by atoms with Crippen molar-refractivity contribution in [2.24, 2.45) is 0 Å². The van der Waals surface area contributed by atoms with E-state index >= 15 is 0 Å². The molecule has 150 heavy (non-hydrogen) atoms. The highest BCUT2D eigenvalue weighted by atomic mass is 32.2. The van der Waals surface area contributed by atoms with Crippen molar-refractivity contribution in [2.75, 3.05) is 59.7 Å². The van der Waals surface area contributed by atoms with Crippen LogP contribution in [-0.2, 0) is 14.2 Å². The third-order valence-corrected chi connectivity index (χ3v) is 26.1. The number of H-pyrrole nitrogens is 5. The maximum atomic E-state index is 11.9. The standard InChI is InChI=1S/C21H21N7O2S.C20H22N8OS.C20H19N7O2S.C20H21N7O2S.C19H20N8OS/c1-13-11-17(27-26-13)24-20-25-19(12-18-22-9-10-28(18)20)31-16-7-5-14(6-8-16)23-21(29)30-15-3-2-4-15;1-12(2)22-20(29)23-14-4-6-15(7-5-14)30-18-11-17-21-8-9-28(17)19(25-18)24-16-10-13(3)26-27-16;1-12-10-16(26-25-12)23-19-24-18(11-17-21-8-9-27(17)19)30-15-6-2-13(3-7-15)22-20(28)29-14-4-5-14;1-12(2)29-20(28)22-14-4-6-15(7-5-14)30-18-11-17-21-8-9-27(17)19(24-18)23-16-10-13(3)25-26-16;1-3-20-19(28)22-13-4-6-14(7-5-13)29-17-11-16-21-8-9-27(16)18(24-17)23-15-10-12(2)25-26-15/h5-12,15H,2-4H2,1H3,(H,23,29)(H2,24,25,26,27);4-12H,1-3H3,(H2,22,23,29)(H2,24,25,26,27);2-3,6-11,14H,4-5H2,1H3,(H,22,28)(H2,23,24,25,26);4-12H,1-3H3,(H,22,28)(H2,23,24,25,26);4-11H,3H2,1-2H3,(H2,20,22,28)(H2,23,24,25,26). The number of nitrogens with one attached hydrogen (secondary N) is 17. The Morgan fingerprint density at radius 3 is 0.800 bits per heavy atom. The van der Waals surface area contributed by atoms with Gasteiger partial charge in [0.2, 0.25) is 29.7 Å². The van der Waals surface area contributed by atoms with Gasteiger partial charge in [-0.25, -0.2) is 73.8 Å². The number of ether oxygens (including phenoxy) is 3. The van der Waals surface area contributed by atoms with Crippen LogP contribution in [0.15, 0.2) is 294 Å². The highest BCUT2D eigenvalue weighted by molar-refractivity contribution is 8.00. The predicted molar refractivity (Wildman–Crippen MR) is 577 cm³/mol. The van der Waals surface area contributed by atoms with E-state index in [9.17, 15) is 24.0 Å². The van der Waals surface area contributed by atoms with Gasteiger partial charge >= 0.3 is 30.3 Å². The second-order valence-corrected chi connectivity index (χ2v) is 39.9. The highest BCUT2D eigenvalue weighted by Gasteiger charge is 2.27. The molecule has 2 aliphatic rings. The van der Waals surface area contributed by atoms with E-state index in [-0.39, 0.29) is 36.4 Å². The number of carbonyl (C=O) groups excluding carboxylic acids is 5. The topological polar surface area (TPSA) is 552 Å². The van der Waals surface area contributed by atoms with E-state index in [0.29, 0.717) is 82.4 Å². The Hall–Kier alpha value is -17.7. The summed E-state index contributed by atoms with van der Waals surface area (Å²) < 4.78 is 24.9. The minimum Gasteiger partial charge on any atom is -0.447 e. The van der Waals surface area contributed by atoms with Crippen molar-refractivity contribution in [2.45, 2.75) is 175 Å². The Morgan fingerprint density at radius 2 is 0.580 bits per heavy atom. The second-order valence-electron chi connectivity index (χ2n) is 34.4. The Labute approximate surface area is 878 Å². The fourth-order valence-electron chi connectivity index (χ4n) is 14.2. The number of amides is 7. The summed E-state index contributed by atoms with van der Waals surface area (Å²) in [5.41, 5.74) is 12.2. The lowest BCUT2D eigenvalue weighted by Crippen LogP contribution is -2.34. The zero-order chi connectivity index (χ0) is 104. The van der Waals surface area contributed by atoms with Crippen LogP contribution in [0, 0.1) is 34.6 Å². The average Bonchev–Trinajstić information content (AvgIpc) is 1.72. The first-order chi connectivity index (χ1) is 72.8. The SMILES string of the molecule is CCNC(=O)Nc1ccc(Sc2cc3nccn3c(Nc3cc(C)[nH]n3)n2)cc1.Cc1cc(Nc2nc(Sc3ccc(NC(=O)NC(C)C)cc3)cc3nccn23)n[nH]1.Cc1cc(Nc2nc(Sc3ccc(NC(=O)OC(C)C)cc3)cc3nccn23)n[nH]1.Cc1cc(Nc2nc(Sc3ccc(NC(=O)OC4CC4)cc3)cc3nccn23)n[nH]1.Cc1cc(Nc2nc(Sc3ccc(NC(=O)OC4CCC4)cc3)cc3nccn23)n[nH]1. The number of rotatable bonds is 30. The monoisotopic (exact) mass is 2110 g/mol. The number of fused-ring (bicyclic) bond motifs is 5. The molecule has 7 amide bonds. The summed E-state index contributed by atoms with van der Waals surface area (Å²) >= 11 is 7.54. The molecule has 45 nitrogen and oxygen atoms in total. The molecule has 5 aromatic carbocycles. The van der Waals surface area contributed by atoms with Gasteiger partial charge in [0.15, 0.2) is 29.1 Å². The zero-order valence-corrected chi connectivity index (χ0v) is 86.5. The first-order valence-electron chi connectivity index (χ1n) is 47.4. The van der Waals surface area contributed by atoms with Gasteiger partial charge in [-0.1, -0.05) is 58.8 Å². The summed E-state index contributed by atoms with van der Waals surface area (Å²) in [5.74, 6) is 6.55. The average molecular weight is 2110 g/mol. The maximum Gasteiger partial charge on any atom is 0.411 e. The summed E-state index contributed by atoms with van der Waals surface area (Å²) in [5, 5.41) is 75.0. The molecule has 17 N–H and O–H groups in total. The fraction of sp³-hybridized carbons (Fsp3) is 0.200. The molecule has 0 atom stereocenters. The quantitative estimate of drug-likeness (QED) is 0.0147. The number of anilines is 15. The van der Waals surface area contributed by atoms with E-state index in [1.54, 1.807) is 44.8 Å². The summed E-state index contributed by atoms with van der Waals surface area (Å²) in [7, 11) is 0. The molecule has 0 spiro atoms. The molecule has 2 aliphatic carbocycles. The second kappa shape index (κ2) is 48.1. The molecule has 0 bridgehead atoms. The summed E-state index contributed by atoms with van der Waals surface area (Å²) in [6.07, 6.45) is 21.5. The van der Waals surface area contributed by atoms with E-state index in [1.807, 2.05) is 290 Å². The highest BCUT2D eigenvalue weighted by Crippen LogP contribution is 2.38. The molecule has 20 aromatic rings. The van der Waals surface area contributed by atoms with Crippen LogP contribution in [0.3, 0.4) is 0 Å². The van der Waals surface area contributed by atoms with Crippen LogP contribution < -0.4 is 63.8 Å². The predicted octanol–water partition coefficient (Wildman–Crippen LogP) is 21.7. The maximum absolute atomic E-state index is 11.9. The number of benzene rings is 5. The molecule has 0 radical (unpaired) electrons. The van der Waals surface area contributed by atoms with Crippen molar-refractivity contribution in [3.63, 3.8) is 0 Å². The molecule has 0 saturated heterocycles. The lowest BCUT2D eigenvalue weighted by Gasteiger charge is -2.25. The van der Waals surface area contributed by atoms with Gasteiger partial charge in [-0.15, -0.1) is 0 Å². The number of hydrogen-bond donors (Lipinski definition) is 17. The van der Waals surface area contributed by atoms with Crippen LogP contribution in [0.2, 0.25) is 0 Å². The van der Waals surface area contributed by atoms with Gasteiger partial charge in [0, 0.05) is 217 Å². The lowest BCUT2D eigenvalue weighted by molar-refractivity contribution is 0.0623. The van der Waals surface area contributed by atoms with E-state index in [4.69, 9.17) is 39.1 Å². The smallest absolute Gasteiger partial charge is 0.411 e. The largest absolute Gasteiger partial charge is 0.447 e. The van der Waals surface area contributed by atoms with Crippen LogP contribution in [0.1, 0.15) is 95.2 Å². The number of nitrogens with zero attached hydrogens (tertiary/aromatic N) is 20. The molecule has 50 heteroatoms. The first-order valence-corrected chi connectivity index (χ1v) is 51.5. The third kappa shape index (κ3) is 28.8. The summed E-state index contributed by atoms with van der Waals surface area (Å²) in [6.45, 7) is 19.6. The van der Waals surface area contributed by atoms with Crippen molar-refractivity contribution in [3.05, 3.63) is 272 Å². The van der Waals surface area contributed by atoms with E-state index in [0.717, 1.165) is 150 Å². The first kappa shape index (κ1) is 102. The van der Waals surface area contributed by atoms with Gasteiger partial charge < -0.3 is 62.1 Å². The van der Waals surface area contributed by atoms with Crippen LogP contribution in [-0.4, -0.2) is 184 Å². The molecule has 15 heterocycles. The molecule has 0 unspecified atom stereocenters. The van der Waals surface area contributed by atoms with Gasteiger partial charge in [-0.2, -0.15) is 25.5 Å². The van der Waals surface area contributed by atoms with Crippen LogP contribution in [0.5, 0.6) is 0 Å². The number of urea groups is 2. The van der Waals surface area contributed by atoms with Crippen molar-refractivity contribution < 1.29 is 38.2 Å². The van der Waals surface area contributed by atoms with Crippen LogP contribution >= 0.6 is 58.8 Å². The van der Waals surface area contributed by atoms with Crippen molar-refractivity contribution in [3.8, 4) is 0 Å². The van der Waals surface area contributed by atoms with Gasteiger partial charge in [-0.3, -0.25) is 63.4 Å². The van der Waals surface area contributed by atoms with Gasteiger partial charge in [0.05, 0.1) is 6.10 Å². The summed E-state index contributed by atoms with van der Waals surface area (Å²) in [4.78, 5) is 109. The van der Waals surface area contributed by atoms with Crippen LogP contribution in [0.4, 0.5) is 111 Å². The minimum absolute atomic E-state index is 0.0617. The van der Waals surface area contributed by atoms with Gasteiger partial charge in [-0.05, 0) is 223 Å². The molecule has 15 aromatic heterocycles. The number of aryl methyl sites for hydroxylation is 5. The molecule has 2 fully saturated rings. The Balaban J connectivity index is 0.000000122. The number of carbonyl (C=O) groups is 5. The number of aromatic amines is 5. The van der Waals surface area contributed by atoms with Crippen LogP contribution in [0.25, 0.3) is 28.2 Å². The van der Waals surface area contributed by atoms with Gasteiger partial charge in [0.1, 0.15) is 65.6 Å². The Morgan fingerprint density at radius 1 is 0.333 bits per heavy atom. The fourth-order valence-corrected chi connectivity index (χ4v) is 18.3. The lowest BCUT2D eigenvalue weighted by atomic mass is 9.96. The molecule has 0 aliphatic heterocycles. The minimum atomic E-state index is -0.471. The van der Waals surface area contributed by atoms with Crippen molar-refractivity contribution in [1.29, 1.82) is 0 Å². The molecular formula is C100H103N37O8S5. The Kier molecular flexibility index (Phi) is 32.8. The molecule has 22 rings (SSSR count). The zero-order valence-electron chi connectivity index (χ0n) is 82.4. The third-order valence-electron chi connectivity index (χ3n) is 21.4. The summed E-state index contributed by atoms with van der Waals surface area (Å²) in [6, 6.07) is 56.6. The Bertz CT molecular complexity index is 7620. The number of aromatic nitrogens is 25. The van der Waals surface area contributed by atoms with Gasteiger partial charge in [0.25, 0.3) is 0 Å². The number of imidazole rings is 5. The molecule has 2 saturated carbocycles. The molecule has 766 valence electrons. The van der Waals surface area contributed by atoms with Crippen molar-refractivity contribution in [1.82, 2.24) is 133 Å². The van der Waals surface area contributed by atoms with Crippen molar-refractivity contribution >= 4 is 205 Å². The molecular weight excluding hydrogens is 2010 g/mol. The van der Waals surface area contributed by atoms with E-state index in [1.165, 1.54) is 58.8 Å². The van der Waals surface area contributed by atoms with E-state index in [2.05, 4.69) is 140 Å². The normalized spacial score (nSPS) is 12.0. The van der Waals surface area contributed by atoms with E-state index < -0.39 is 18.3 Å².